The molecule has 0 radical (unpaired) electrons. The van der Waals surface area contributed by atoms with Gasteiger partial charge in [-0.05, 0) is 0 Å². The molecule has 7 nitrogen and oxygen atoms in total. The van der Waals surface area contributed by atoms with Crippen molar-refractivity contribution in [3.8, 4) is 0 Å². The number of piperazine rings is 1. The Kier molecular flexibility index (Phi) is 5.07. The zero-order valence-electron chi connectivity index (χ0n) is 13.2. The number of amides is 1. The molecule has 1 amide bonds. The third-order valence-corrected chi connectivity index (χ3v) is 4.49. The van der Waals surface area contributed by atoms with Crippen molar-refractivity contribution in [1.29, 1.82) is 0 Å². The van der Waals surface area contributed by atoms with Crippen LogP contribution in [0.5, 0.6) is 0 Å². The molecule has 0 bridgehead atoms. The Hall–Kier alpha value is -1.44. The number of imidazole rings is 1. The molecule has 1 N–H and O–H groups in total. The van der Waals surface area contributed by atoms with Crippen LogP contribution >= 0.6 is 0 Å². The smallest absolute Gasteiger partial charge is 0.224 e. The highest BCUT2D eigenvalue weighted by molar-refractivity contribution is 5.76. The molecule has 1 aromatic rings. The van der Waals surface area contributed by atoms with Crippen LogP contribution in [0.25, 0.3) is 0 Å². The van der Waals surface area contributed by atoms with Crippen molar-refractivity contribution in [3.63, 3.8) is 0 Å². The lowest BCUT2D eigenvalue weighted by Crippen LogP contribution is -2.48. The van der Waals surface area contributed by atoms with Gasteiger partial charge in [0.05, 0.1) is 19.3 Å². The topological polar surface area (TPSA) is 62.6 Å². The maximum atomic E-state index is 12.3. The summed E-state index contributed by atoms with van der Waals surface area (Å²) in [5.74, 6) is 1.30. The zero-order chi connectivity index (χ0) is 15.4. The van der Waals surface area contributed by atoms with Crippen molar-refractivity contribution >= 4 is 5.91 Å². The standard InChI is InChI=1S/C15H25N5O2/c1-18-6-4-17-15(18)13-12-16-3-7-19(13)5-2-14(21)20-8-10-22-11-9-20/h4,6,13,16H,2-3,5,7-12H2,1H3. The molecule has 0 aromatic carbocycles. The van der Waals surface area contributed by atoms with Gasteiger partial charge in [-0.15, -0.1) is 0 Å². The van der Waals surface area contributed by atoms with Crippen molar-refractivity contribution < 1.29 is 9.53 Å². The number of rotatable bonds is 4. The van der Waals surface area contributed by atoms with Crippen LogP contribution in [-0.4, -0.2) is 77.7 Å². The summed E-state index contributed by atoms with van der Waals surface area (Å²) in [5, 5.41) is 3.42. The second-order valence-corrected chi connectivity index (χ2v) is 5.90. The number of morpholine rings is 1. The van der Waals surface area contributed by atoms with Gasteiger partial charge < -0.3 is 19.5 Å². The van der Waals surface area contributed by atoms with Gasteiger partial charge in [-0.25, -0.2) is 4.98 Å². The molecule has 7 heteroatoms. The van der Waals surface area contributed by atoms with Crippen LogP contribution in [0.2, 0.25) is 0 Å². The summed E-state index contributed by atoms with van der Waals surface area (Å²) in [6.45, 7) is 6.36. The Morgan fingerprint density at radius 2 is 2.23 bits per heavy atom. The molecule has 2 aliphatic heterocycles. The summed E-state index contributed by atoms with van der Waals surface area (Å²) < 4.78 is 7.36. The third kappa shape index (κ3) is 3.48. The molecule has 0 saturated carbocycles. The van der Waals surface area contributed by atoms with Crippen molar-refractivity contribution in [2.45, 2.75) is 12.5 Å². The van der Waals surface area contributed by atoms with Crippen LogP contribution in [0.4, 0.5) is 0 Å². The van der Waals surface area contributed by atoms with E-state index in [1.807, 2.05) is 24.3 Å². The van der Waals surface area contributed by atoms with Crippen LogP contribution in [0.15, 0.2) is 12.4 Å². The van der Waals surface area contributed by atoms with Crippen molar-refractivity contribution in [2.24, 2.45) is 7.05 Å². The number of ether oxygens (including phenoxy) is 1. The fourth-order valence-electron chi connectivity index (χ4n) is 3.18. The number of aromatic nitrogens is 2. The zero-order valence-corrected chi connectivity index (χ0v) is 13.2. The van der Waals surface area contributed by atoms with E-state index in [4.69, 9.17) is 4.74 Å². The minimum absolute atomic E-state index is 0.237. The molecular weight excluding hydrogens is 282 g/mol. The third-order valence-electron chi connectivity index (χ3n) is 4.49. The van der Waals surface area contributed by atoms with Gasteiger partial charge in [0.25, 0.3) is 0 Å². The summed E-state index contributed by atoms with van der Waals surface area (Å²) in [6.07, 6.45) is 4.38. The molecule has 1 aromatic heterocycles. The average molecular weight is 307 g/mol. The largest absolute Gasteiger partial charge is 0.378 e. The van der Waals surface area contributed by atoms with Gasteiger partial charge in [0.1, 0.15) is 5.82 Å². The van der Waals surface area contributed by atoms with E-state index in [9.17, 15) is 4.79 Å². The number of hydrogen-bond acceptors (Lipinski definition) is 5. The maximum Gasteiger partial charge on any atom is 0.224 e. The number of nitrogens with zero attached hydrogens (tertiary/aromatic N) is 4. The number of aryl methyl sites for hydroxylation is 1. The van der Waals surface area contributed by atoms with Crippen LogP contribution in [0, 0.1) is 0 Å². The van der Waals surface area contributed by atoms with E-state index in [-0.39, 0.29) is 11.9 Å². The predicted octanol–water partition coefficient (Wildman–Crippen LogP) is -0.385. The lowest BCUT2D eigenvalue weighted by molar-refractivity contribution is -0.135. The Morgan fingerprint density at radius 1 is 1.41 bits per heavy atom. The minimum atomic E-state index is 0.237. The molecule has 0 spiro atoms. The highest BCUT2D eigenvalue weighted by atomic mass is 16.5. The number of nitrogens with one attached hydrogen (secondary N) is 1. The molecule has 2 saturated heterocycles. The molecule has 2 aliphatic rings. The first-order valence-electron chi connectivity index (χ1n) is 8.03. The molecule has 2 fully saturated rings. The lowest BCUT2D eigenvalue weighted by Gasteiger charge is -2.36. The van der Waals surface area contributed by atoms with Crippen molar-refractivity contribution in [2.75, 3.05) is 52.5 Å². The van der Waals surface area contributed by atoms with E-state index in [1.54, 1.807) is 0 Å². The summed E-state index contributed by atoms with van der Waals surface area (Å²) in [7, 11) is 2.02. The lowest BCUT2D eigenvalue weighted by atomic mass is 10.1. The predicted molar refractivity (Wildman–Crippen MR) is 82.4 cm³/mol. The van der Waals surface area contributed by atoms with Crippen LogP contribution < -0.4 is 5.32 Å². The van der Waals surface area contributed by atoms with Gasteiger partial charge in [0.2, 0.25) is 5.91 Å². The van der Waals surface area contributed by atoms with Gasteiger partial charge in [-0.3, -0.25) is 9.69 Å². The van der Waals surface area contributed by atoms with E-state index in [0.29, 0.717) is 19.6 Å². The SMILES string of the molecule is Cn1ccnc1C1CNCCN1CCC(=O)N1CCOCC1. The molecule has 122 valence electrons. The van der Waals surface area contributed by atoms with Crippen molar-refractivity contribution in [3.05, 3.63) is 18.2 Å². The average Bonchev–Trinajstić information content (AvgIpc) is 2.99. The Morgan fingerprint density at radius 3 is 2.95 bits per heavy atom. The van der Waals surface area contributed by atoms with Gasteiger partial charge in [-0.1, -0.05) is 0 Å². The van der Waals surface area contributed by atoms with E-state index in [1.165, 1.54) is 0 Å². The van der Waals surface area contributed by atoms with E-state index in [0.717, 1.165) is 45.1 Å². The van der Waals surface area contributed by atoms with Crippen molar-refractivity contribution in [1.82, 2.24) is 24.7 Å². The number of carbonyl (C=O) groups excluding carboxylic acids is 1. The Labute approximate surface area is 131 Å². The van der Waals surface area contributed by atoms with Crippen LogP contribution in [-0.2, 0) is 16.6 Å². The summed E-state index contributed by atoms with van der Waals surface area (Å²) in [4.78, 5) is 21.1. The monoisotopic (exact) mass is 307 g/mol. The molecule has 22 heavy (non-hydrogen) atoms. The first-order valence-corrected chi connectivity index (χ1v) is 8.03. The van der Waals surface area contributed by atoms with Crippen LogP contribution in [0.1, 0.15) is 18.3 Å². The molecule has 1 unspecified atom stereocenters. The van der Waals surface area contributed by atoms with E-state index < -0.39 is 0 Å². The highest BCUT2D eigenvalue weighted by Crippen LogP contribution is 2.20. The van der Waals surface area contributed by atoms with E-state index >= 15 is 0 Å². The number of hydrogen-bond donors (Lipinski definition) is 1. The van der Waals surface area contributed by atoms with E-state index in [2.05, 4.69) is 19.8 Å². The summed E-state index contributed by atoms with van der Waals surface area (Å²) in [5.41, 5.74) is 0. The first-order chi connectivity index (χ1) is 10.8. The molecule has 1 atom stereocenters. The summed E-state index contributed by atoms with van der Waals surface area (Å²) >= 11 is 0. The van der Waals surface area contributed by atoms with Gasteiger partial charge in [0, 0.05) is 65.1 Å². The fraction of sp³-hybridized carbons (Fsp3) is 0.733. The second-order valence-electron chi connectivity index (χ2n) is 5.90. The Bertz CT molecular complexity index is 498. The second kappa shape index (κ2) is 7.21. The molecule has 3 heterocycles. The fourth-order valence-corrected chi connectivity index (χ4v) is 3.18. The highest BCUT2D eigenvalue weighted by Gasteiger charge is 2.27. The van der Waals surface area contributed by atoms with Gasteiger partial charge in [0.15, 0.2) is 0 Å². The molecule has 0 aliphatic carbocycles. The van der Waals surface area contributed by atoms with Gasteiger partial charge >= 0.3 is 0 Å². The van der Waals surface area contributed by atoms with Gasteiger partial charge in [-0.2, -0.15) is 0 Å². The first kappa shape index (κ1) is 15.5. The quantitative estimate of drug-likeness (QED) is 0.821. The maximum absolute atomic E-state index is 12.3. The van der Waals surface area contributed by atoms with Crippen LogP contribution in [0.3, 0.4) is 0 Å². The minimum Gasteiger partial charge on any atom is -0.378 e. The molecular formula is C15H25N5O2. The Balaban J connectivity index is 1.57. The molecule has 3 rings (SSSR count). The number of carbonyl (C=O) groups is 1. The summed E-state index contributed by atoms with van der Waals surface area (Å²) in [6, 6.07) is 0.242. The normalized spacial score (nSPS) is 23.7.